The summed E-state index contributed by atoms with van der Waals surface area (Å²) in [7, 11) is 0. The second-order valence-corrected chi connectivity index (χ2v) is 7.38. The summed E-state index contributed by atoms with van der Waals surface area (Å²) in [6.07, 6.45) is -0.743. The quantitative estimate of drug-likeness (QED) is 0.585. The second-order valence-electron chi connectivity index (χ2n) is 7.38. The molecule has 3 aromatic rings. The van der Waals surface area contributed by atoms with Crippen LogP contribution in [0.4, 0.5) is 11.4 Å². The molecule has 1 atom stereocenters. The van der Waals surface area contributed by atoms with E-state index in [-0.39, 0.29) is 18.2 Å². The Morgan fingerprint density at radius 2 is 1.75 bits per heavy atom. The van der Waals surface area contributed by atoms with E-state index in [9.17, 15) is 14.4 Å². The molecule has 7 heteroatoms. The van der Waals surface area contributed by atoms with Crippen molar-refractivity contribution in [2.24, 2.45) is 0 Å². The van der Waals surface area contributed by atoms with Gasteiger partial charge in [0.1, 0.15) is 18.0 Å². The van der Waals surface area contributed by atoms with E-state index in [0.29, 0.717) is 34.2 Å². The Morgan fingerprint density at radius 3 is 2.50 bits per heavy atom. The number of fused-ring (bicyclic) bond motifs is 1. The Balaban J connectivity index is 1.56. The number of Topliss-reactive ketones (excluding diaryl/α,β-unsaturated/α-hetero) is 1. The third-order valence-corrected chi connectivity index (χ3v) is 5.01. The summed E-state index contributed by atoms with van der Waals surface area (Å²) in [6, 6.07) is 21.1. The van der Waals surface area contributed by atoms with E-state index < -0.39 is 12.0 Å². The van der Waals surface area contributed by atoms with Gasteiger partial charge < -0.3 is 14.8 Å². The lowest BCUT2D eigenvalue weighted by Crippen LogP contribution is -2.47. The lowest BCUT2D eigenvalue weighted by Gasteiger charge is -2.32. The molecule has 4 rings (SSSR count). The van der Waals surface area contributed by atoms with Gasteiger partial charge in [-0.1, -0.05) is 30.3 Å². The first kappa shape index (κ1) is 21.1. The van der Waals surface area contributed by atoms with Crippen LogP contribution < -0.4 is 19.7 Å². The maximum Gasteiger partial charge on any atom is 0.268 e. The van der Waals surface area contributed by atoms with Crippen LogP contribution in [0.2, 0.25) is 0 Å². The van der Waals surface area contributed by atoms with Crippen LogP contribution in [0.25, 0.3) is 0 Å². The van der Waals surface area contributed by atoms with E-state index in [4.69, 9.17) is 9.47 Å². The third kappa shape index (κ3) is 4.46. The first-order valence-corrected chi connectivity index (χ1v) is 10.2. The van der Waals surface area contributed by atoms with Crippen molar-refractivity contribution in [1.82, 2.24) is 0 Å². The maximum absolute atomic E-state index is 12.9. The minimum absolute atomic E-state index is 0.143. The molecule has 1 N–H and O–H groups in total. The van der Waals surface area contributed by atoms with Crippen molar-refractivity contribution >= 4 is 29.0 Å². The molecule has 0 radical (unpaired) electrons. The number of hydrogen-bond acceptors (Lipinski definition) is 5. The number of ether oxygens (including phenoxy) is 2. The van der Waals surface area contributed by atoms with Crippen LogP contribution in [-0.4, -0.2) is 30.2 Å². The molecule has 0 bridgehead atoms. The highest BCUT2D eigenvalue weighted by atomic mass is 16.5. The molecule has 0 aromatic heterocycles. The minimum atomic E-state index is -0.743. The Bertz CT molecular complexity index is 1180. The molecule has 0 fully saturated rings. The number of para-hydroxylation sites is 3. The van der Waals surface area contributed by atoms with Crippen LogP contribution in [0, 0.1) is 0 Å². The number of hydrogen-bond donors (Lipinski definition) is 1. The number of ketones is 1. The monoisotopic (exact) mass is 430 g/mol. The van der Waals surface area contributed by atoms with Crippen molar-refractivity contribution in [2.45, 2.75) is 20.0 Å². The summed E-state index contributed by atoms with van der Waals surface area (Å²) in [5.41, 5.74) is 1.30. The van der Waals surface area contributed by atoms with Crippen LogP contribution >= 0.6 is 0 Å². The fraction of sp³-hybridized carbons (Fsp3) is 0.160. The summed E-state index contributed by atoms with van der Waals surface area (Å²) in [4.78, 5) is 38.8. The lowest BCUT2D eigenvalue weighted by atomic mass is 10.1. The number of benzene rings is 3. The minimum Gasteiger partial charge on any atom is -0.479 e. The fourth-order valence-electron chi connectivity index (χ4n) is 3.40. The average molecular weight is 430 g/mol. The second kappa shape index (κ2) is 8.93. The molecule has 7 nitrogen and oxygen atoms in total. The van der Waals surface area contributed by atoms with Crippen LogP contribution in [0.15, 0.2) is 72.8 Å². The molecule has 1 unspecified atom stereocenters. The van der Waals surface area contributed by atoms with Gasteiger partial charge in [0.25, 0.3) is 5.91 Å². The zero-order valence-corrected chi connectivity index (χ0v) is 17.7. The predicted molar refractivity (Wildman–Crippen MR) is 120 cm³/mol. The van der Waals surface area contributed by atoms with Gasteiger partial charge in [0, 0.05) is 5.56 Å². The fourth-order valence-corrected chi connectivity index (χ4v) is 3.40. The van der Waals surface area contributed by atoms with E-state index in [1.165, 1.54) is 11.8 Å². The molecule has 162 valence electrons. The summed E-state index contributed by atoms with van der Waals surface area (Å²) in [6.45, 7) is 2.83. The van der Waals surface area contributed by atoms with Gasteiger partial charge in [0.15, 0.2) is 17.6 Å². The zero-order chi connectivity index (χ0) is 22.7. The standard InChI is InChI=1S/C25H22N2O5/c1-16(28)18-12-13-23-21(14-18)27(25(30)17(2)31-23)15-24(29)26-20-10-6-7-11-22(20)32-19-8-4-3-5-9-19/h3-14,17H,15H2,1-2H3,(H,26,29). The number of anilines is 2. The molecule has 1 aliphatic rings. The van der Waals surface area contributed by atoms with Crippen LogP contribution in [0.1, 0.15) is 24.2 Å². The highest BCUT2D eigenvalue weighted by Gasteiger charge is 2.33. The molecule has 32 heavy (non-hydrogen) atoms. The van der Waals surface area contributed by atoms with E-state index in [2.05, 4.69) is 5.32 Å². The van der Waals surface area contributed by atoms with Gasteiger partial charge in [-0.05, 0) is 56.3 Å². The Labute approximate surface area is 185 Å². The average Bonchev–Trinajstić information content (AvgIpc) is 2.78. The molecular weight excluding hydrogens is 408 g/mol. The van der Waals surface area contributed by atoms with Gasteiger partial charge in [-0.3, -0.25) is 19.3 Å². The van der Waals surface area contributed by atoms with Crippen molar-refractivity contribution in [2.75, 3.05) is 16.8 Å². The smallest absolute Gasteiger partial charge is 0.268 e. The molecule has 3 aromatic carbocycles. The molecule has 2 amide bonds. The molecule has 0 saturated carbocycles. The van der Waals surface area contributed by atoms with Crippen molar-refractivity contribution in [3.05, 3.63) is 78.4 Å². The predicted octanol–water partition coefficient (Wildman–Crippen LogP) is 4.43. The van der Waals surface area contributed by atoms with Crippen molar-refractivity contribution < 1.29 is 23.9 Å². The number of rotatable bonds is 6. The maximum atomic E-state index is 12.9. The van der Waals surface area contributed by atoms with Gasteiger partial charge in [-0.25, -0.2) is 0 Å². The largest absolute Gasteiger partial charge is 0.479 e. The van der Waals surface area contributed by atoms with Crippen LogP contribution in [0.3, 0.4) is 0 Å². The van der Waals surface area contributed by atoms with E-state index in [1.807, 2.05) is 30.3 Å². The molecule has 1 heterocycles. The number of nitrogens with zero attached hydrogens (tertiary/aromatic N) is 1. The summed E-state index contributed by atoms with van der Waals surface area (Å²) >= 11 is 0. The van der Waals surface area contributed by atoms with Gasteiger partial charge in [-0.2, -0.15) is 0 Å². The van der Waals surface area contributed by atoms with Gasteiger partial charge in [0.2, 0.25) is 5.91 Å². The lowest BCUT2D eigenvalue weighted by molar-refractivity contribution is -0.127. The summed E-state index contributed by atoms with van der Waals surface area (Å²) in [5.74, 6) is 0.654. The topological polar surface area (TPSA) is 84.9 Å². The Kier molecular flexibility index (Phi) is 5.89. The van der Waals surface area contributed by atoms with Gasteiger partial charge in [0.05, 0.1) is 11.4 Å². The Hall–Kier alpha value is -4.13. The molecule has 0 spiro atoms. The summed E-state index contributed by atoms with van der Waals surface area (Å²) in [5, 5.41) is 2.82. The molecular formula is C25H22N2O5. The van der Waals surface area contributed by atoms with Gasteiger partial charge in [-0.15, -0.1) is 0 Å². The molecule has 0 aliphatic carbocycles. The first-order chi connectivity index (χ1) is 15.4. The van der Waals surface area contributed by atoms with Crippen molar-refractivity contribution in [1.29, 1.82) is 0 Å². The normalized spacial score (nSPS) is 14.9. The number of nitrogens with one attached hydrogen (secondary N) is 1. The molecule has 0 saturated heterocycles. The number of carbonyl (C=O) groups excluding carboxylic acids is 3. The SMILES string of the molecule is CC(=O)c1ccc2c(c1)N(CC(=O)Nc1ccccc1Oc1ccccc1)C(=O)C(C)O2. The van der Waals surface area contributed by atoms with Crippen molar-refractivity contribution in [3.63, 3.8) is 0 Å². The Morgan fingerprint density at radius 1 is 1.03 bits per heavy atom. The van der Waals surface area contributed by atoms with E-state index in [0.717, 1.165) is 0 Å². The first-order valence-electron chi connectivity index (χ1n) is 10.2. The van der Waals surface area contributed by atoms with Crippen molar-refractivity contribution in [3.8, 4) is 17.2 Å². The van der Waals surface area contributed by atoms with Gasteiger partial charge >= 0.3 is 0 Å². The van der Waals surface area contributed by atoms with E-state index >= 15 is 0 Å². The molecule has 1 aliphatic heterocycles. The number of carbonyl (C=O) groups is 3. The third-order valence-electron chi connectivity index (χ3n) is 5.01. The summed E-state index contributed by atoms with van der Waals surface area (Å²) < 4.78 is 11.5. The van der Waals surface area contributed by atoms with Crippen LogP contribution in [0.5, 0.6) is 17.2 Å². The zero-order valence-electron chi connectivity index (χ0n) is 17.7. The number of amides is 2. The highest BCUT2D eigenvalue weighted by Crippen LogP contribution is 2.35. The van der Waals surface area contributed by atoms with E-state index in [1.54, 1.807) is 49.4 Å². The highest BCUT2D eigenvalue weighted by molar-refractivity contribution is 6.07. The van der Waals surface area contributed by atoms with Crippen LogP contribution in [-0.2, 0) is 9.59 Å².